The molecule has 1 atom stereocenters. The Kier molecular flexibility index (Phi) is 6.38. The molecule has 0 bridgehead atoms. The highest BCUT2D eigenvalue weighted by Crippen LogP contribution is 2.26. The van der Waals surface area contributed by atoms with Crippen molar-refractivity contribution in [3.05, 3.63) is 70.2 Å². The van der Waals surface area contributed by atoms with Gasteiger partial charge in [0.1, 0.15) is 29.0 Å². The number of nitrogens with one attached hydrogen (secondary N) is 2. The third-order valence-electron chi connectivity index (χ3n) is 4.92. The first-order valence-corrected chi connectivity index (χ1v) is 10.4. The summed E-state index contributed by atoms with van der Waals surface area (Å²) in [5.74, 6) is 0.182. The van der Waals surface area contributed by atoms with Gasteiger partial charge in [-0.3, -0.25) is 4.79 Å². The van der Waals surface area contributed by atoms with Crippen molar-refractivity contribution >= 4 is 29.1 Å². The molecule has 0 aliphatic heterocycles. The van der Waals surface area contributed by atoms with Crippen molar-refractivity contribution in [2.24, 2.45) is 0 Å². The van der Waals surface area contributed by atoms with Gasteiger partial charge >= 0.3 is 5.91 Å². The molecule has 0 fully saturated rings. The smallest absolute Gasteiger partial charge is 0.307 e. The van der Waals surface area contributed by atoms with Crippen molar-refractivity contribution in [3.63, 3.8) is 0 Å². The van der Waals surface area contributed by atoms with E-state index in [4.69, 9.17) is 20.5 Å². The van der Waals surface area contributed by atoms with Crippen LogP contribution in [0.2, 0.25) is 5.02 Å². The number of carbonyl (C=O) groups is 1. The SMILES string of the molecule is Cc1cnc(Nc2c(C)noc2C)nc1-c1coc(C(=O)N[C@H](CO)c2cccc(Cl)c2)n1. The van der Waals surface area contributed by atoms with Crippen molar-refractivity contribution in [2.45, 2.75) is 26.8 Å². The van der Waals surface area contributed by atoms with Crippen molar-refractivity contribution in [1.29, 1.82) is 0 Å². The first-order valence-electron chi connectivity index (χ1n) is 10.0. The minimum atomic E-state index is -0.668. The fraction of sp³-hybridized carbons (Fsp3) is 0.227. The summed E-state index contributed by atoms with van der Waals surface area (Å²) in [7, 11) is 0. The maximum absolute atomic E-state index is 12.7. The van der Waals surface area contributed by atoms with Gasteiger partial charge in [-0.2, -0.15) is 0 Å². The van der Waals surface area contributed by atoms with Crippen LogP contribution in [0.1, 0.15) is 39.3 Å². The third-order valence-corrected chi connectivity index (χ3v) is 5.16. The number of hydrogen-bond acceptors (Lipinski definition) is 9. The summed E-state index contributed by atoms with van der Waals surface area (Å²) >= 11 is 6.01. The summed E-state index contributed by atoms with van der Waals surface area (Å²) in [6, 6.07) is 6.20. The van der Waals surface area contributed by atoms with Crippen LogP contribution in [-0.4, -0.2) is 37.7 Å². The number of hydrogen-bond donors (Lipinski definition) is 3. The molecule has 0 saturated heterocycles. The summed E-state index contributed by atoms with van der Waals surface area (Å²) < 4.78 is 10.5. The number of aryl methyl sites for hydroxylation is 3. The largest absolute Gasteiger partial charge is 0.440 e. The van der Waals surface area contributed by atoms with E-state index in [-0.39, 0.29) is 12.5 Å². The lowest BCUT2D eigenvalue weighted by atomic mass is 10.1. The summed E-state index contributed by atoms with van der Waals surface area (Å²) in [6.45, 7) is 5.09. The standard InChI is InChI=1S/C22H21ClN6O4/c1-11-8-24-22(28-19-12(2)29-33-13(19)3)27-18(11)17-10-32-21(26-17)20(31)25-16(9-30)14-5-4-6-15(23)7-14/h4-8,10,16,30H,9H2,1-3H3,(H,25,31)(H,24,27,28)/t16-/m1/s1. The van der Waals surface area contributed by atoms with Crippen LogP contribution in [0.5, 0.6) is 0 Å². The number of carbonyl (C=O) groups excluding carboxylic acids is 1. The van der Waals surface area contributed by atoms with E-state index in [9.17, 15) is 9.90 Å². The molecule has 1 aromatic carbocycles. The Hall–Kier alpha value is -3.76. The Morgan fingerprint density at radius 2 is 2.06 bits per heavy atom. The summed E-state index contributed by atoms with van der Waals surface area (Å²) in [6.07, 6.45) is 2.98. The lowest BCUT2D eigenvalue weighted by molar-refractivity contribution is 0.0881. The molecule has 0 spiro atoms. The summed E-state index contributed by atoms with van der Waals surface area (Å²) in [5.41, 5.74) is 3.62. The maximum Gasteiger partial charge on any atom is 0.307 e. The first-order chi connectivity index (χ1) is 15.9. The fourth-order valence-electron chi connectivity index (χ4n) is 3.20. The Labute approximate surface area is 194 Å². The first kappa shape index (κ1) is 22.4. The molecule has 4 rings (SSSR count). The second kappa shape index (κ2) is 9.39. The number of benzene rings is 1. The summed E-state index contributed by atoms with van der Waals surface area (Å²) in [5, 5.41) is 19.9. The van der Waals surface area contributed by atoms with Gasteiger partial charge in [0.2, 0.25) is 5.95 Å². The molecule has 170 valence electrons. The number of oxazole rings is 1. The molecule has 33 heavy (non-hydrogen) atoms. The quantitative estimate of drug-likeness (QED) is 0.368. The number of nitrogens with zero attached hydrogens (tertiary/aromatic N) is 4. The predicted molar refractivity (Wildman–Crippen MR) is 120 cm³/mol. The third kappa shape index (κ3) is 4.86. The van der Waals surface area contributed by atoms with Crippen LogP contribution in [0.25, 0.3) is 11.4 Å². The predicted octanol–water partition coefficient (Wildman–Crippen LogP) is 3.91. The fourth-order valence-corrected chi connectivity index (χ4v) is 3.40. The molecule has 3 N–H and O–H groups in total. The molecular weight excluding hydrogens is 448 g/mol. The molecule has 0 saturated carbocycles. The number of amides is 1. The van der Waals surface area contributed by atoms with Crippen LogP contribution in [0.15, 0.2) is 45.7 Å². The number of rotatable bonds is 7. The minimum absolute atomic E-state index is 0.163. The normalized spacial score (nSPS) is 11.9. The van der Waals surface area contributed by atoms with E-state index in [2.05, 4.69) is 30.7 Å². The Bertz CT molecular complexity index is 1280. The van der Waals surface area contributed by atoms with E-state index in [1.165, 1.54) is 6.26 Å². The zero-order valence-corrected chi connectivity index (χ0v) is 18.8. The van der Waals surface area contributed by atoms with Crippen molar-refractivity contribution in [2.75, 3.05) is 11.9 Å². The number of halogens is 1. The van der Waals surface area contributed by atoms with Gasteiger partial charge in [-0.1, -0.05) is 28.9 Å². The number of aliphatic hydroxyl groups excluding tert-OH is 1. The van der Waals surface area contributed by atoms with Crippen molar-refractivity contribution < 1.29 is 18.8 Å². The second-order valence-corrected chi connectivity index (χ2v) is 7.79. The van der Waals surface area contributed by atoms with Crippen LogP contribution in [0, 0.1) is 20.8 Å². The van der Waals surface area contributed by atoms with Crippen LogP contribution >= 0.6 is 11.6 Å². The maximum atomic E-state index is 12.7. The van der Waals surface area contributed by atoms with E-state index in [1.54, 1.807) is 44.3 Å². The highest BCUT2D eigenvalue weighted by Gasteiger charge is 2.21. The van der Waals surface area contributed by atoms with Crippen LogP contribution in [-0.2, 0) is 0 Å². The summed E-state index contributed by atoms with van der Waals surface area (Å²) in [4.78, 5) is 25.8. The van der Waals surface area contributed by atoms with E-state index < -0.39 is 11.9 Å². The monoisotopic (exact) mass is 468 g/mol. The van der Waals surface area contributed by atoms with Crippen LogP contribution in [0.4, 0.5) is 11.6 Å². The highest BCUT2D eigenvalue weighted by atomic mass is 35.5. The van der Waals surface area contributed by atoms with Crippen molar-refractivity contribution in [3.8, 4) is 11.4 Å². The Morgan fingerprint density at radius 3 is 2.76 bits per heavy atom. The van der Waals surface area contributed by atoms with Gasteiger partial charge in [0.15, 0.2) is 5.76 Å². The van der Waals surface area contributed by atoms with Crippen LogP contribution < -0.4 is 10.6 Å². The molecule has 3 aromatic heterocycles. The Balaban J connectivity index is 1.54. The molecule has 1 amide bonds. The van der Waals surface area contributed by atoms with E-state index in [0.29, 0.717) is 45.1 Å². The topological polar surface area (TPSA) is 139 Å². The lowest BCUT2D eigenvalue weighted by Crippen LogP contribution is -2.31. The lowest BCUT2D eigenvalue weighted by Gasteiger charge is -2.15. The van der Waals surface area contributed by atoms with Gasteiger partial charge < -0.3 is 24.7 Å². The molecule has 0 aliphatic carbocycles. The van der Waals surface area contributed by atoms with Gasteiger partial charge in [0, 0.05) is 11.2 Å². The van der Waals surface area contributed by atoms with Gasteiger partial charge in [-0.05, 0) is 44.0 Å². The van der Waals surface area contributed by atoms with Gasteiger partial charge in [-0.15, -0.1) is 0 Å². The van der Waals surface area contributed by atoms with E-state index in [0.717, 1.165) is 5.56 Å². The zero-order valence-electron chi connectivity index (χ0n) is 18.1. The molecule has 3 heterocycles. The number of aromatic nitrogens is 4. The second-order valence-electron chi connectivity index (χ2n) is 7.35. The molecule has 0 radical (unpaired) electrons. The molecule has 0 unspecified atom stereocenters. The van der Waals surface area contributed by atoms with Crippen LogP contribution in [0.3, 0.4) is 0 Å². The van der Waals surface area contributed by atoms with E-state index in [1.807, 2.05) is 6.92 Å². The zero-order chi connectivity index (χ0) is 23.5. The molecule has 4 aromatic rings. The number of aliphatic hydroxyl groups is 1. The highest BCUT2D eigenvalue weighted by molar-refractivity contribution is 6.30. The molecule has 0 aliphatic rings. The average molecular weight is 469 g/mol. The van der Waals surface area contributed by atoms with Gasteiger partial charge in [0.25, 0.3) is 5.89 Å². The number of anilines is 2. The van der Waals surface area contributed by atoms with E-state index >= 15 is 0 Å². The average Bonchev–Trinajstić information content (AvgIpc) is 3.41. The molecular formula is C22H21ClN6O4. The van der Waals surface area contributed by atoms with Crippen molar-refractivity contribution in [1.82, 2.24) is 25.4 Å². The van der Waals surface area contributed by atoms with Gasteiger partial charge in [-0.25, -0.2) is 15.0 Å². The Morgan fingerprint density at radius 1 is 1.24 bits per heavy atom. The van der Waals surface area contributed by atoms with Gasteiger partial charge in [0.05, 0.1) is 12.6 Å². The molecule has 10 nitrogen and oxygen atoms in total. The molecule has 11 heteroatoms. The minimum Gasteiger partial charge on any atom is -0.440 e.